The van der Waals surface area contributed by atoms with Gasteiger partial charge in [-0.05, 0) is 74.2 Å². The molecule has 1 aromatic heterocycles. The fraction of sp³-hybridized carbons (Fsp3) is 0.273. The molecule has 1 saturated carbocycles. The first kappa shape index (κ1) is 23.5. The van der Waals surface area contributed by atoms with Gasteiger partial charge in [-0.25, -0.2) is 9.18 Å². The molecular formula is C22H23FN4O6. The Bertz CT molecular complexity index is 1050. The number of carboxylic acid groups (broad SMARTS) is 2. The maximum Gasteiger partial charge on any atom is 0.503 e. The second kappa shape index (κ2) is 11.5. The zero-order valence-electron chi connectivity index (χ0n) is 17.5. The zero-order chi connectivity index (χ0) is 23.6. The first-order valence-electron chi connectivity index (χ1n) is 10.2. The van der Waals surface area contributed by atoms with Gasteiger partial charge >= 0.3 is 24.0 Å². The molecule has 33 heavy (non-hydrogen) atoms. The summed E-state index contributed by atoms with van der Waals surface area (Å²) in [5.74, 6) is -0.266. The summed E-state index contributed by atoms with van der Waals surface area (Å²) in [4.78, 5) is 20.9. The Morgan fingerprint density at radius 1 is 0.939 bits per heavy atom. The van der Waals surface area contributed by atoms with E-state index >= 15 is 0 Å². The van der Waals surface area contributed by atoms with Crippen LogP contribution in [-0.2, 0) is 0 Å². The standard InChI is InChI=1S/C21H21FN4O3.CH2O3/c22-14-6-8-16(9-7-14)24-21-26-25-20(29-21)19(27)23-15-10-12-18(13-11-15)28-17-4-2-1-3-5-17;2-1(3)4/h6-13,17H,1-5H2,(H,23,27)(H,24,26);(H2,2,3,4). The number of benzene rings is 2. The summed E-state index contributed by atoms with van der Waals surface area (Å²) < 4.78 is 24.2. The van der Waals surface area contributed by atoms with Crippen LogP contribution in [0.3, 0.4) is 0 Å². The number of nitrogens with zero attached hydrogens (tertiary/aromatic N) is 2. The van der Waals surface area contributed by atoms with Gasteiger partial charge in [0.25, 0.3) is 0 Å². The van der Waals surface area contributed by atoms with Crippen LogP contribution in [0.25, 0.3) is 0 Å². The number of anilines is 3. The number of halogens is 1. The van der Waals surface area contributed by atoms with Crippen LogP contribution in [0.1, 0.15) is 42.8 Å². The molecule has 0 unspecified atom stereocenters. The maximum atomic E-state index is 12.9. The molecule has 4 rings (SSSR count). The number of amides is 1. The second-order valence-electron chi connectivity index (χ2n) is 7.18. The van der Waals surface area contributed by atoms with E-state index in [1.54, 1.807) is 12.1 Å². The van der Waals surface area contributed by atoms with Crippen molar-refractivity contribution in [3.8, 4) is 5.75 Å². The van der Waals surface area contributed by atoms with Crippen LogP contribution in [-0.4, -0.2) is 38.6 Å². The van der Waals surface area contributed by atoms with Gasteiger partial charge in [0.2, 0.25) is 0 Å². The third kappa shape index (κ3) is 7.80. The molecule has 0 saturated heterocycles. The molecule has 174 valence electrons. The lowest BCUT2D eigenvalue weighted by molar-refractivity contribution is 0.0990. The van der Waals surface area contributed by atoms with Crippen LogP contribution in [0.2, 0.25) is 0 Å². The lowest BCUT2D eigenvalue weighted by Crippen LogP contribution is -2.19. The van der Waals surface area contributed by atoms with Gasteiger partial charge < -0.3 is 30.0 Å². The quantitative estimate of drug-likeness (QED) is 0.394. The van der Waals surface area contributed by atoms with Gasteiger partial charge in [0.05, 0.1) is 6.10 Å². The molecule has 1 fully saturated rings. The van der Waals surface area contributed by atoms with Gasteiger partial charge in [-0.1, -0.05) is 11.5 Å². The average Bonchev–Trinajstić information content (AvgIpc) is 3.26. The Balaban J connectivity index is 0.000000709. The SMILES string of the molecule is O=C(Nc1ccc(OC2CCCCC2)cc1)c1nnc(Nc2ccc(F)cc2)o1.O=C(O)O. The summed E-state index contributed by atoms with van der Waals surface area (Å²) in [6, 6.07) is 12.9. The topological polar surface area (TPSA) is 147 Å². The molecule has 0 bridgehead atoms. The van der Waals surface area contributed by atoms with Crippen molar-refractivity contribution in [1.82, 2.24) is 10.2 Å². The third-order valence-electron chi connectivity index (χ3n) is 4.68. The number of carbonyl (C=O) groups excluding carboxylic acids is 1. The molecule has 1 heterocycles. The van der Waals surface area contributed by atoms with Gasteiger partial charge in [0.15, 0.2) is 0 Å². The first-order chi connectivity index (χ1) is 15.9. The van der Waals surface area contributed by atoms with E-state index in [4.69, 9.17) is 24.2 Å². The van der Waals surface area contributed by atoms with E-state index in [0.717, 1.165) is 18.6 Å². The lowest BCUT2D eigenvalue weighted by atomic mass is 9.98. The molecule has 0 aliphatic heterocycles. The number of rotatable bonds is 6. The van der Waals surface area contributed by atoms with E-state index < -0.39 is 12.1 Å². The number of hydrogen-bond donors (Lipinski definition) is 4. The van der Waals surface area contributed by atoms with Crippen molar-refractivity contribution in [2.75, 3.05) is 10.6 Å². The van der Waals surface area contributed by atoms with Gasteiger partial charge in [0.1, 0.15) is 11.6 Å². The van der Waals surface area contributed by atoms with Crippen molar-refractivity contribution in [3.63, 3.8) is 0 Å². The normalized spacial score (nSPS) is 13.4. The minimum absolute atomic E-state index is 0.0398. The first-order valence-corrected chi connectivity index (χ1v) is 10.2. The maximum absolute atomic E-state index is 12.9. The number of hydrogen-bond acceptors (Lipinski definition) is 7. The summed E-state index contributed by atoms with van der Waals surface area (Å²) >= 11 is 0. The molecule has 0 atom stereocenters. The van der Waals surface area contributed by atoms with Crippen LogP contribution >= 0.6 is 0 Å². The van der Waals surface area contributed by atoms with E-state index in [1.807, 2.05) is 12.1 Å². The van der Waals surface area contributed by atoms with E-state index in [1.165, 1.54) is 43.5 Å². The highest BCUT2D eigenvalue weighted by atomic mass is 19.1. The monoisotopic (exact) mass is 458 g/mol. The average molecular weight is 458 g/mol. The highest BCUT2D eigenvalue weighted by Crippen LogP contribution is 2.24. The van der Waals surface area contributed by atoms with E-state index in [-0.39, 0.29) is 23.8 Å². The highest BCUT2D eigenvalue weighted by molar-refractivity contribution is 6.00. The summed E-state index contributed by atoms with van der Waals surface area (Å²) in [5.41, 5.74) is 1.16. The number of ether oxygens (including phenoxy) is 1. The Morgan fingerprint density at radius 2 is 1.55 bits per heavy atom. The van der Waals surface area contributed by atoms with Gasteiger partial charge in [-0.3, -0.25) is 4.79 Å². The molecule has 3 aromatic rings. The molecule has 1 amide bonds. The summed E-state index contributed by atoms with van der Waals surface area (Å²) in [5, 5.41) is 27.0. The molecule has 0 spiro atoms. The molecular weight excluding hydrogens is 435 g/mol. The van der Waals surface area contributed by atoms with Crippen LogP contribution in [0.15, 0.2) is 52.9 Å². The summed E-state index contributed by atoms with van der Waals surface area (Å²) in [6.45, 7) is 0. The third-order valence-corrected chi connectivity index (χ3v) is 4.68. The Labute approximate surface area is 188 Å². The second-order valence-corrected chi connectivity index (χ2v) is 7.18. The van der Waals surface area contributed by atoms with Gasteiger partial charge in [-0.2, -0.15) is 0 Å². The Kier molecular flexibility index (Phi) is 8.17. The highest BCUT2D eigenvalue weighted by Gasteiger charge is 2.17. The van der Waals surface area contributed by atoms with Crippen molar-refractivity contribution in [3.05, 3.63) is 60.2 Å². The van der Waals surface area contributed by atoms with Gasteiger partial charge in [0, 0.05) is 11.4 Å². The zero-order valence-corrected chi connectivity index (χ0v) is 17.5. The summed E-state index contributed by atoms with van der Waals surface area (Å²) in [6.07, 6.45) is 4.31. The minimum atomic E-state index is -1.83. The molecule has 1 aliphatic carbocycles. The fourth-order valence-corrected chi connectivity index (χ4v) is 3.20. The van der Waals surface area contributed by atoms with Crippen molar-refractivity contribution >= 4 is 29.5 Å². The van der Waals surface area contributed by atoms with Gasteiger partial charge in [-0.15, -0.1) is 5.10 Å². The minimum Gasteiger partial charge on any atom is -0.490 e. The van der Waals surface area contributed by atoms with Crippen molar-refractivity contribution < 1.29 is 33.3 Å². The predicted octanol–water partition coefficient (Wildman–Crippen LogP) is 5.14. The molecule has 4 N–H and O–H groups in total. The number of aromatic nitrogens is 2. The van der Waals surface area contributed by atoms with Crippen LogP contribution < -0.4 is 15.4 Å². The smallest absolute Gasteiger partial charge is 0.490 e. The fourth-order valence-electron chi connectivity index (χ4n) is 3.20. The van der Waals surface area contributed by atoms with E-state index in [0.29, 0.717) is 11.4 Å². The van der Waals surface area contributed by atoms with Crippen molar-refractivity contribution in [2.24, 2.45) is 0 Å². The van der Waals surface area contributed by atoms with Crippen LogP contribution in [0, 0.1) is 5.82 Å². The van der Waals surface area contributed by atoms with E-state index in [2.05, 4.69) is 20.8 Å². The van der Waals surface area contributed by atoms with Crippen LogP contribution in [0.5, 0.6) is 5.75 Å². The number of carbonyl (C=O) groups is 2. The predicted molar refractivity (Wildman–Crippen MR) is 117 cm³/mol. The Hall–Kier alpha value is -4.15. The van der Waals surface area contributed by atoms with Crippen molar-refractivity contribution in [2.45, 2.75) is 38.2 Å². The van der Waals surface area contributed by atoms with Crippen LogP contribution in [0.4, 0.5) is 26.6 Å². The largest absolute Gasteiger partial charge is 0.503 e. The molecule has 2 aromatic carbocycles. The molecule has 1 aliphatic rings. The molecule has 11 heteroatoms. The summed E-state index contributed by atoms with van der Waals surface area (Å²) in [7, 11) is 0. The lowest BCUT2D eigenvalue weighted by Gasteiger charge is -2.23. The molecule has 10 nitrogen and oxygen atoms in total. The molecule has 0 radical (unpaired) electrons. The van der Waals surface area contributed by atoms with Crippen molar-refractivity contribution in [1.29, 1.82) is 0 Å². The van der Waals surface area contributed by atoms with E-state index in [9.17, 15) is 9.18 Å². The number of nitrogens with one attached hydrogen (secondary N) is 2. The Morgan fingerprint density at radius 3 is 2.18 bits per heavy atom.